The maximum absolute atomic E-state index is 13.5. The molecule has 1 aliphatic heterocycles. The van der Waals surface area contributed by atoms with Crippen molar-refractivity contribution < 1.29 is 19.0 Å². The van der Waals surface area contributed by atoms with Crippen molar-refractivity contribution in [2.45, 2.75) is 12.6 Å². The van der Waals surface area contributed by atoms with Crippen molar-refractivity contribution in [1.82, 2.24) is 20.2 Å². The third-order valence-electron chi connectivity index (χ3n) is 5.66. The van der Waals surface area contributed by atoms with E-state index in [0.717, 1.165) is 5.56 Å². The normalized spacial score (nSPS) is 14.8. The minimum absolute atomic E-state index is 0.0715. The third-order valence-corrected chi connectivity index (χ3v) is 5.66. The van der Waals surface area contributed by atoms with E-state index in [-0.39, 0.29) is 18.5 Å². The van der Waals surface area contributed by atoms with Crippen LogP contribution in [0.25, 0.3) is 11.4 Å². The largest absolute Gasteiger partial charge is 0.493 e. The fourth-order valence-corrected chi connectivity index (χ4v) is 4.02. The highest BCUT2D eigenvalue weighted by Gasteiger charge is 2.33. The van der Waals surface area contributed by atoms with Crippen LogP contribution in [0.5, 0.6) is 17.2 Å². The summed E-state index contributed by atoms with van der Waals surface area (Å²) in [7, 11) is 3.14. The highest BCUT2D eigenvalue weighted by Crippen LogP contribution is 2.39. The van der Waals surface area contributed by atoms with Crippen molar-refractivity contribution in [3.63, 3.8) is 0 Å². The fourth-order valence-electron chi connectivity index (χ4n) is 4.02. The number of tetrazole rings is 1. The van der Waals surface area contributed by atoms with Gasteiger partial charge in [-0.1, -0.05) is 42.5 Å². The number of amides is 1. The van der Waals surface area contributed by atoms with Gasteiger partial charge in [0.15, 0.2) is 11.5 Å². The molecule has 5 rings (SSSR count). The molecule has 0 saturated heterocycles. The van der Waals surface area contributed by atoms with E-state index in [4.69, 9.17) is 14.2 Å². The van der Waals surface area contributed by atoms with Gasteiger partial charge in [-0.3, -0.25) is 9.69 Å². The molecule has 172 valence electrons. The van der Waals surface area contributed by atoms with Crippen molar-refractivity contribution >= 4 is 11.6 Å². The van der Waals surface area contributed by atoms with E-state index in [1.807, 2.05) is 60.7 Å². The lowest BCUT2D eigenvalue weighted by molar-refractivity contribution is -0.120. The zero-order valence-corrected chi connectivity index (χ0v) is 18.8. The van der Waals surface area contributed by atoms with Crippen LogP contribution in [0.3, 0.4) is 0 Å². The monoisotopic (exact) mass is 457 g/mol. The van der Waals surface area contributed by atoms with E-state index >= 15 is 0 Å². The molecule has 9 heteroatoms. The summed E-state index contributed by atoms with van der Waals surface area (Å²) < 4.78 is 16.6. The number of ether oxygens (including phenoxy) is 3. The Morgan fingerprint density at radius 1 is 1.00 bits per heavy atom. The van der Waals surface area contributed by atoms with Crippen LogP contribution in [-0.2, 0) is 11.3 Å². The van der Waals surface area contributed by atoms with Crippen LogP contribution in [-0.4, -0.2) is 46.9 Å². The molecule has 0 fully saturated rings. The zero-order valence-electron chi connectivity index (χ0n) is 18.8. The number of aromatic nitrogens is 4. The van der Waals surface area contributed by atoms with E-state index in [1.165, 1.54) is 4.80 Å². The highest BCUT2D eigenvalue weighted by molar-refractivity contribution is 5.96. The topological polar surface area (TPSA) is 91.6 Å². The number of anilines is 1. The number of carbonyl (C=O) groups excluding carboxylic acids is 1. The third kappa shape index (κ3) is 4.03. The second-order valence-electron chi connectivity index (χ2n) is 7.68. The Balaban J connectivity index is 1.42. The van der Waals surface area contributed by atoms with Gasteiger partial charge in [-0.15, -0.1) is 10.2 Å². The minimum atomic E-state index is -0.266. The van der Waals surface area contributed by atoms with Crippen LogP contribution < -0.4 is 19.1 Å². The summed E-state index contributed by atoms with van der Waals surface area (Å²) in [6.07, 6.45) is 0. The van der Waals surface area contributed by atoms with Gasteiger partial charge in [0.05, 0.1) is 25.9 Å². The number of carbonyl (C=O) groups is 1. The molecular weight excluding hydrogens is 434 g/mol. The Morgan fingerprint density at radius 3 is 2.56 bits per heavy atom. The average Bonchev–Trinajstić information content (AvgIpc) is 3.36. The predicted octanol–water partition coefficient (Wildman–Crippen LogP) is 3.52. The van der Waals surface area contributed by atoms with E-state index in [2.05, 4.69) is 15.4 Å². The lowest BCUT2D eigenvalue weighted by Crippen LogP contribution is -2.43. The van der Waals surface area contributed by atoms with Crippen LogP contribution in [0.4, 0.5) is 5.69 Å². The average molecular weight is 457 g/mol. The van der Waals surface area contributed by atoms with Gasteiger partial charge in [0.1, 0.15) is 18.9 Å². The summed E-state index contributed by atoms with van der Waals surface area (Å²) >= 11 is 0. The maximum atomic E-state index is 13.5. The quantitative estimate of drug-likeness (QED) is 0.437. The number of hydrogen-bond acceptors (Lipinski definition) is 7. The van der Waals surface area contributed by atoms with Gasteiger partial charge in [0.25, 0.3) is 5.91 Å². The Hall–Kier alpha value is -4.40. The summed E-state index contributed by atoms with van der Waals surface area (Å²) in [5.41, 5.74) is 2.41. The van der Waals surface area contributed by atoms with Crippen molar-refractivity contribution in [2.24, 2.45) is 0 Å². The van der Waals surface area contributed by atoms with Crippen molar-refractivity contribution in [3.05, 3.63) is 78.4 Å². The summed E-state index contributed by atoms with van der Waals surface area (Å²) in [4.78, 5) is 16.6. The number of hydrogen-bond donors (Lipinski definition) is 0. The van der Waals surface area contributed by atoms with Gasteiger partial charge in [-0.05, 0) is 41.1 Å². The Bertz CT molecular complexity index is 1310. The van der Waals surface area contributed by atoms with Crippen LogP contribution in [0.1, 0.15) is 11.6 Å². The molecule has 1 aromatic heterocycles. The standard InChI is InChI=1S/C25H23N5O4/c1-32-22-13-12-18(14-23(22)33-2)25-26-28-29(27-25)15-24(31)30-19-10-6-7-11-21(19)34-16-20(30)17-8-4-3-5-9-17/h3-14,20H,15-16H2,1-2H3/t20-/m1/s1. The number of benzene rings is 3. The van der Waals surface area contributed by atoms with Gasteiger partial charge in [-0.25, -0.2) is 0 Å². The molecule has 0 saturated carbocycles. The van der Waals surface area contributed by atoms with Crippen LogP contribution in [0.15, 0.2) is 72.8 Å². The SMILES string of the molecule is COc1ccc(-c2nnn(CC(=O)N3c4ccccc4OC[C@@H]3c3ccccc3)n2)cc1OC. The van der Waals surface area contributed by atoms with Crippen LogP contribution in [0, 0.1) is 0 Å². The molecule has 0 bridgehead atoms. The molecule has 0 N–H and O–H groups in total. The number of methoxy groups -OCH3 is 2. The van der Waals surface area contributed by atoms with Gasteiger partial charge in [0, 0.05) is 5.56 Å². The molecule has 0 aliphatic carbocycles. The number of fused-ring (bicyclic) bond motifs is 1. The molecule has 0 radical (unpaired) electrons. The fraction of sp³-hybridized carbons (Fsp3) is 0.200. The molecular formula is C25H23N5O4. The van der Waals surface area contributed by atoms with E-state index in [1.54, 1.807) is 31.3 Å². The second-order valence-corrected chi connectivity index (χ2v) is 7.68. The van der Waals surface area contributed by atoms with Crippen LogP contribution >= 0.6 is 0 Å². The molecule has 0 unspecified atom stereocenters. The van der Waals surface area contributed by atoms with Crippen molar-refractivity contribution in [3.8, 4) is 28.6 Å². The zero-order chi connectivity index (χ0) is 23.5. The molecule has 1 aliphatic rings. The minimum Gasteiger partial charge on any atom is -0.493 e. The lowest BCUT2D eigenvalue weighted by Gasteiger charge is -2.37. The van der Waals surface area contributed by atoms with Gasteiger partial charge in [-0.2, -0.15) is 4.80 Å². The predicted molar refractivity (Wildman–Crippen MR) is 125 cm³/mol. The molecule has 34 heavy (non-hydrogen) atoms. The summed E-state index contributed by atoms with van der Waals surface area (Å²) in [5, 5.41) is 12.7. The highest BCUT2D eigenvalue weighted by atomic mass is 16.5. The first-order valence-electron chi connectivity index (χ1n) is 10.8. The molecule has 4 aromatic rings. The molecule has 1 amide bonds. The number of rotatable bonds is 6. The number of nitrogens with zero attached hydrogens (tertiary/aromatic N) is 5. The van der Waals surface area contributed by atoms with E-state index in [0.29, 0.717) is 40.9 Å². The van der Waals surface area contributed by atoms with Gasteiger partial charge >= 0.3 is 0 Å². The smallest absolute Gasteiger partial charge is 0.251 e. The Morgan fingerprint density at radius 2 is 1.76 bits per heavy atom. The van der Waals surface area contributed by atoms with E-state index in [9.17, 15) is 4.79 Å². The van der Waals surface area contributed by atoms with E-state index < -0.39 is 0 Å². The van der Waals surface area contributed by atoms with Gasteiger partial charge in [0.2, 0.25) is 5.82 Å². The summed E-state index contributed by atoms with van der Waals surface area (Å²) in [6.45, 7) is 0.284. The van der Waals surface area contributed by atoms with Crippen LogP contribution in [0.2, 0.25) is 0 Å². The molecule has 1 atom stereocenters. The Labute approximate surface area is 196 Å². The first kappa shape index (κ1) is 21.4. The molecule has 0 spiro atoms. The number of para-hydroxylation sites is 2. The molecule has 3 aromatic carbocycles. The maximum Gasteiger partial charge on any atom is 0.251 e. The lowest BCUT2D eigenvalue weighted by atomic mass is 10.0. The summed E-state index contributed by atoms with van der Waals surface area (Å²) in [6, 6.07) is 22.4. The van der Waals surface area contributed by atoms with Crippen molar-refractivity contribution in [2.75, 3.05) is 25.7 Å². The summed E-state index contributed by atoms with van der Waals surface area (Å²) in [5.74, 6) is 2.05. The van der Waals surface area contributed by atoms with Crippen molar-refractivity contribution in [1.29, 1.82) is 0 Å². The first-order chi connectivity index (χ1) is 16.7. The first-order valence-corrected chi connectivity index (χ1v) is 10.8. The van der Waals surface area contributed by atoms with Gasteiger partial charge < -0.3 is 14.2 Å². The second kappa shape index (κ2) is 9.22. The molecule has 9 nitrogen and oxygen atoms in total. The molecule has 2 heterocycles. The Kier molecular flexibility index (Phi) is 5.82.